The number of rotatable bonds is 11. The van der Waals surface area contributed by atoms with E-state index in [9.17, 15) is 9.59 Å². The lowest BCUT2D eigenvalue weighted by atomic mass is 9.49. The van der Waals surface area contributed by atoms with Crippen LogP contribution < -0.4 is 18.9 Å². The number of benzene rings is 3. The van der Waals surface area contributed by atoms with Crippen LogP contribution in [0.1, 0.15) is 101 Å². The van der Waals surface area contributed by atoms with Gasteiger partial charge in [-0.2, -0.15) is 0 Å². The van der Waals surface area contributed by atoms with E-state index in [-0.39, 0.29) is 22.8 Å². The van der Waals surface area contributed by atoms with Gasteiger partial charge in [-0.3, -0.25) is 9.59 Å². The second-order valence-electron chi connectivity index (χ2n) is 18.2. The Hall–Kier alpha value is -3.45. The molecule has 6 nitrogen and oxygen atoms in total. The lowest BCUT2D eigenvalue weighted by molar-refractivity contribution is -0.144. The fourth-order valence-electron chi connectivity index (χ4n) is 13.3. The SMILES string of the molecule is COc1c(OC(=O)CC23CC4CC(CC(C4)C2)C3)ccc([S+](c2ccccc2)c2ccc(OC(=O)CC34CC5CC(CC(C5)C3)C4)c(OC)c2C)c1C. The molecule has 0 heterocycles. The first-order valence-corrected chi connectivity index (χ1v) is 21.4. The van der Waals surface area contributed by atoms with Crippen molar-refractivity contribution in [2.45, 2.75) is 118 Å². The van der Waals surface area contributed by atoms with Crippen LogP contribution in [0.15, 0.2) is 69.3 Å². The first kappa shape index (κ1) is 35.3. The van der Waals surface area contributed by atoms with Crippen molar-refractivity contribution in [3.05, 3.63) is 65.7 Å². The Balaban J connectivity index is 0.982. The molecular weight excluding hydrogens is 681 g/mol. The minimum Gasteiger partial charge on any atom is -0.492 e. The van der Waals surface area contributed by atoms with Gasteiger partial charge in [-0.05, 0) is 174 Å². The van der Waals surface area contributed by atoms with Gasteiger partial charge in [0.1, 0.15) is 10.9 Å². The van der Waals surface area contributed by atoms with Gasteiger partial charge in [-0.1, -0.05) is 18.2 Å². The molecule has 8 bridgehead atoms. The Morgan fingerprint density at radius 2 is 0.925 bits per heavy atom. The van der Waals surface area contributed by atoms with Crippen LogP contribution in [0, 0.1) is 60.2 Å². The molecule has 3 aromatic carbocycles. The van der Waals surface area contributed by atoms with Gasteiger partial charge in [0.15, 0.2) is 37.7 Å². The predicted molar refractivity (Wildman–Crippen MR) is 206 cm³/mol. The van der Waals surface area contributed by atoms with Crippen LogP contribution >= 0.6 is 0 Å². The fourth-order valence-corrected chi connectivity index (χ4v) is 15.7. The van der Waals surface area contributed by atoms with E-state index >= 15 is 0 Å². The molecule has 0 aliphatic heterocycles. The zero-order valence-electron chi connectivity index (χ0n) is 31.9. The standard InChI is InChI=1S/C46H55O6S/c1-28-39(12-10-37(43(28)49-3)51-41(47)26-45-20-30-14-31(21-45)16-32(15-30)22-45)53(36-8-6-5-7-9-36)40-13-11-38(44(50-4)29(40)2)52-42(48)27-46-23-33-17-34(24-46)19-35(18-33)25-46/h5-13,30-35H,14-27H2,1-4H3/q+1. The predicted octanol–water partition coefficient (Wildman–Crippen LogP) is 10.4. The molecule has 8 saturated carbocycles. The van der Waals surface area contributed by atoms with Gasteiger partial charge in [-0.15, -0.1) is 0 Å². The van der Waals surface area contributed by atoms with Crippen LogP contribution in [0.4, 0.5) is 0 Å². The summed E-state index contributed by atoms with van der Waals surface area (Å²) >= 11 is 0. The van der Waals surface area contributed by atoms with Gasteiger partial charge >= 0.3 is 11.9 Å². The zero-order chi connectivity index (χ0) is 36.5. The smallest absolute Gasteiger partial charge is 0.311 e. The van der Waals surface area contributed by atoms with Gasteiger partial charge in [-0.25, -0.2) is 0 Å². The number of hydrogen-bond acceptors (Lipinski definition) is 6. The minimum atomic E-state index is -0.563. The topological polar surface area (TPSA) is 71.1 Å². The molecule has 0 saturated heterocycles. The second-order valence-corrected chi connectivity index (χ2v) is 20.2. The Kier molecular flexibility index (Phi) is 9.11. The van der Waals surface area contributed by atoms with Crippen molar-refractivity contribution >= 4 is 22.8 Å². The van der Waals surface area contributed by atoms with Crippen molar-refractivity contribution in [2.75, 3.05) is 14.2 Å². The Morgan fingerprint density at radius 3 is 1.26 bits per heavy atom. The zero-order valence-corrected chi connectivity index (χ0v) is 32.7. The maximum Gasteiger partial charge on any atom is 0.311 e. The molecule has 0 amide bonds. The monoisotopic (exact) mass is 735 g/mol. The summed E-state index contributed by atoms with van der Waals surface area (Å²) in [6.07, 6.45) is 16.1. The molecule has 8 aliphatic rings. The van der Waals surface area contributed by atoms with Crippen molar-refractivity contribution in [2.24, 2.45) is 46.3 Å². The van der Waals surface area contributed by atoms with E-state index in [4.69, 9.17) is 18.9 Å². The summed E-state index contributed by atoms with van der Waals surface area (Å²) in [5.41, 5.74) is 2.09. The summed E-state index contributed by atoms with van der Waals surface area (Å²) < 4.78 is 24.4. The van der Waals surface area contributed by atoms with Crippen molar-refractivity contribution in [1.29, 1.82) is 0 Å². The molecule has 8 aliphatic carbocycles. The highest BCUT2D eigenvalue weighted by molar-refractivity contribution is 7.97. The van der Waals surface area contributed by atoms with Crippen LogP contribution in [-0.4, -0.2) is 26.2 Å². The summed E-state index contributed by atoms with van der Waals surface area (Å²) in [6, 6.07) is 18.5. The van der Waals surface area contributed by atoms with Gasteiger partial charge in [0.05, 0.1) is 38.2 Å². The molecule has 0 spiro atoms. The maximum atomic E-state index is 13.6. The Labute approximate surface area is 318 Å². The third-order valence-corrected chi connectivity index (χ3v) is 16.8. The fraction of sp³-hybridized carbons (Fsp3) is 0.565. The molecule has 11 rings (SSSR count). The molecular formula is C46H55O6S+. The molecule has 0 radical (unpaired) electrons. The van der Waals surface area contributed by atoms with Crippen LogP contribution in [0.25, 0.3) is 0 Å². The van der Waals surface area contributed by atoms with Crippen molar-refractivity contribution < 1.29 is 28.5 Å². The molecule has 7 heteroatoms. The van der Waals surface area contributed by atoms with Gasteiger partial charge < -0.3 is 18.9 Å². The van der Waals surface area contributed by atoms with Crippen molar-refractivity contribution in [3.63, 3.8) is 0 Å². The Morgan fingerprint density at radius 1 is 0.566 bits per heavy atom. The third-order valence-electron chi connectivity index (χ3n) is 14.3. The van der Waals surface area contributed by atoms with Crippen molar-refractivity contribution in [1.82, 2.24) is 0 Å². The van der Waals surface area contributed by atoms with Gasteiger partial charge in [0.25, 0.3) is 0 Å². The lowest BCUT2D eigenvalue weighted by Gasteiger charge is -2.56. The largest absolute Gasteiger partial charge is 0.492 e. The molecule has 0 atom stereocenters. The second kappa shape index (κ2) is 13.7. The van der Waals surface area contributed by atoms with E-state index in [1.165, 1.54) is 77.0 Å². The normalized spacial score (nSPS) is 32.4. The van der Waals surface area contributed by atoms with E-state index in [1.54, 1.807) is 14.2 Å². The number of carbonyl (C=O) groups is 2. The lowest BCUT2D eigenvalue weighted by Crippen LogP contribution is -2.47. The van der Waals surface area contributed by atoms with Crippen LogP contribution in [0.5, 0.6) is 23.0 Å². The first-order valence-electron chi connectivity index (χ1n) is 20.2. The van der Waals surface area contributed by atoms with Crippen LogP contribution in [-0.2, 0) is 20.5 Å². The van der Waals surface area contributed by atoms with E-state index < -0.39 is 10.9 Å². The quantitative estimate of drug-likeness (QED) is 0.111. The van der Waals surface area contributed by atoms with E-state index in [0.717, 1.165) is 61.3 Å². The molecule has 280 valence electrons. The molecule has 3 aromatic rings. The molecule has 0 N–H and O–H groups in total. The third kappa shape index (κ3) is 6.57. The first-order chi connectivity index (χ1) is 25.6. The molecule has 0 unspecified atom stereocenters. The average molecular weight is 736 g/mol. The molecule has 8 fully saturated rings. The highest BCUT2D eigenvalue weighted by atomic mass is 32.2. The number of hydrogen-bond donors (Lipinski definition) is 0. The van der Waals surface area contributed by atoms with Gasteiger partial charge in [0.2, 0.25) is 0 Å². The average Bonchev–Trinajstić information content (AvgIpc) is 3.09. The number of esters is 2. The Bertz CT molecular complexity index is 1710. The highest BCUT2D eigenvalue weighted by Gasteiger charge is 2.53. The number of carbonyl (C=O) groups excluding carboxylic acids is 2. The van der Waals surface area contributed by atoms with Crippen LogP contribution in [0.3, 0.4) is 0 Å². The summed E-state index contributed by atoms with van der Waals surface area (Å²) in [5.74, 6) is 6.58. The van der Waals surface area contributed by atoms with Crippen LogP contribution in [0.2, 0.25) is 0 Å². The number of methoxy groups -OCH3 is 2. The van der Waals surface area contributed by atoms with E-state index in [1.807, 2.05) is 18.2 Å². The number of ether oxygens (including phenoxy) is 4. The van der Waals surface area contributed by atoms with E-state index in [2.05, 4.69) is 50.2 Å². The summed E-state index contributed by atoms with van der Waals surface area (Å²) in [6.45, 7) is 4.11. The van der Waals surface area contributed by atoms with Crippen molar-refractivity contribution in [3.8, 4) is 23.0 Å². The molecule has 53 heavy (non-hydrogen) atoms. The summed E-state index contributed by atoms with van der Waals surface area (Å²) in [4.78, 5) is 30.5. The maximum absolute atomic E-state index is 13.6. The molecule has 0 aromatic heterocycles. The summed E-state index contributed by atoms with van der Waals surface area (Å²) in [7, 11) is 2.75. The highest BCUT2D eigenvalue weighted by Crippen LogP contribution is 2.62. The van der Waals surface area contributed by atoms with E-state index in [0.29, 0.717) is 35.8 Å². The summed E-state index contributed by atoms with van der Waals surface area (Å²) in [5, 5.41) is 0. The van der Waals surface area contributed by atoms with Gasteiger partial charge in [0, 0.05) is 0 Å². The minimum absolute atomic E-state index is 0.111.